The first-order valence-corrected chi connectivity index (χ1v) is 7.80. The number of hydrogen-bond acceptors (Lipinski definition) is 4. The summed E-state index contributed by atoms with van der Waals surface area (Å²) in [6, 6.07) is 9.54. The third-order valence-electron chi connectivity index (χ3n) is 2.95. The van der Waals surface area contributed by atoms with Crippen LogP contribution in [0.15, 0.2) is 41.9 Å². The quantitative estimate of drug-likeness (QED) is 0.748. The van der Waals surface area contributed by atoms with Gasteiger partial charge in [-0.3, -0.25) is 9.78 Å². The van der Waals surface area contributed by atoms with Crippen LogP contribution in [-0.4, -0.2) is 15.9 Å². The van der Waals surface area contributed by atoms with Crippen molar-refractivity contribution in [1.29, 1.82) is 0 Å². The maximum Gasteiger partial charge on any atom is 0.231 e. The van der Waals surface area contributed by atoms with Crippen molar-refractivity contribution in [2.24, 2.45) is 0 Å². The van der Waals surface area contributed by atoms with Crippen LogP contribution < -0.4 is 5.32 Å². The fourth-order valence-corrected chi connectivity index (χ4v) is 3.05. The zero-order valence-electron chi connectivity index (χ0n) is 11.0. The van der Waals surface area contributed by atoms with Crippen LogP contribution in [0, 0.1) is 0 Å². The second kappa shape index (κ2) is 6.20. The molecule has 1 aromatic carbocycles. The van der Waals surface area contributed by atoms with Crippen molar-refractivity contribution in [2.75, 3.05) is 5.32 Å². The highest BCUT2D eigenvalue weighted by molar-refractivity contribution is 7.09. The van der Waals surface area contributed by atoms with Crippen LogP contribution in [0.5, 0.6) is 0 Å². The first-order valence-electron chi connectivity index (χ1n) is 6.39. The van der Waals surface area contributed by atoms with Gasteiger partial charge >= 0.3 is 0 Å². The van der Waals surface area contributed by atoms with Crippen LogP contribution in [0.2, 0.25) is 0 Å². The molecule has 2 aromatic heterocycles. The number of halogens is 1. The number of thiazole rings is 1. The Bertz CT molecular complexity index is 782. The Morgan fingerprint density at radius 1 is 1.29 bits per heavy atom. The molecule has 0 bridgehead atoms. The number of para-hydroxylation sites is 1. The normalized spacial score (nSPS) is 10.7. The van der Waals surface area contributed by atoms with E-state index in [1.807, 2.05) is 35.7 Å². The van der Waals surface area contributed by atoms with Gasteiger partial charge < -0.3 is 5.32 Å². The van der Waals surface area contributed by atoms with Gasteiger partial charge in [-0.2, -0.15) is 0 Å². The summed E-state index contributed by atoms with van der Waals surface area (Å²) in [5, 5.41) is 6.52. The molecule has 1 N–H and O–H groups in total. The van der Waals surface area contributed by atoms with Crippen molar-refractivity contribution in [1.82, 2.24) is 9.97 Å². The van der Waals surface area contributed by atoms with Crippen LogP contribution in [0.1, 0.15) is 10.7 Å². The van der Waals surface area contributed by atoms with E-state index in [4.69, 9.17) is 11.6 Å². The van der Waals surface area contributed by atoms with E-state index >= 15 is 0 Å². The van der Waals surface area contributed by atoms with E-state index in [1.165, 1.54) is 11.3 Å². The molecule has 4 nitrogen and oxygen atoms in total. The summed E-state index contributed by atoms with van der Waals surface area (Å²) in [7, 11) is 0. The monoisotopic (exact) mass is 317 g/mol. The summed E-state index contributed by atoms with van der Waals surface area (Å²) >= 11 is 7.15. The molecule has 106 valence electrons. The van der Waals surface area contributed by atoms with Gasteiger partial charge in [-0.15, -0.1) is 22.9 Å². The lowest BCUT2D eigenvalue weighted by Gasteiger charge is -2.07. The third kappa shape index (κ3) is 3.20. The molecular formula is C15H12ClN3OS. The second-order valence-corrected chi connectivity index (χ2v) is 5.68. The molecule has 6 heteroatoms. The predicted octanol–water partition coefficient (Wildman–Crippen LogP) is 3.61. The Balaban J connectivity index is 1.77. The maximum absolute atomic E-state index is 12.1. The van der Waals surface area contributed by atoms with Crippen LogP contribution in [0.4, 0.5) is 5.69 Å². The topological polar surface area (TPSA) is 54.9 Å². The molecule has 0 spiro atoms. The number of carbonyl (C=O) groups is 1. The van der Waals surface area contributed by atoms with Crippen LogP contribution in [0.3, 0.4) is 0 Å². The Labute approximate surface area is 130 Å². The molecule has 0 fully saturated rings. The molecule has 0 aliphatic heterocycles. The lowest BCUT2D eigenvalue weighted by molar-refractivity contribution is -0.115. The number of aromatic nitrogens is 2. The summed E-state index contributed by atoms with van der Waals surface area (Å²) in [5.41, 5.74) is 2.30. The van der Waals surface area contributed by atoms with E-state index in [0.717, 1.165) is 21.6 Å². The average molecular weight is 318 g/mol. The zero-order valence-corrected chi connectivity index (χ0v) is 12.6. The predicted molar refractivity (Wildman–Crippen MR) is 85.7 cm³/mol. The van der Waals surface area contributed by atoms with Gasteiger partial charge in [0.25, 0.3) is 0 Å². The number of hydrogen-bond donors (Lipinski definition) is 1. The van der Waals surface area contributed by atoms with Crippen molar-refractivity contribution >= 4 is 45.4 Å². The number of fused-ring (bicyclic) bond motifs is 1. The number of anilines is 1. The van der Waals surface area contributed by atoms with Crippen LogP contribution in [-0.2, 0) is 17.1 Å². The molecule has 2 heterocycles. The van der Waals surface area contributed by atoms with E-state index in [9.17, 15) is 4.79 Å². The van der Waals surface area contributed by atoms with Gasteiger partial charge in [-0.25, -0.2) is 4.98 Å². The summed E-state index contributed by atoms with van der Waals surface area (Å²) < 4.78 is 0. The van der Waals surface area contributed by atoms with Crippen molar-refractivity contribution in [3.05, 3.63) is 52.6 Å². The maximum atomic E-state index is 12.1. The van der Waals surface area contributed by atoms with Gasteiger partial charge in [-0.05, 0) is 12.1 Å². The Morgan fingerprint density at radius 2 is 2.14 bits per heavy atom. The summed E-state index contributed by atoms with van der Waals surface area (Å²) in [5.74, 6) is 0.259. The fourth-order valence-electron chi connectivity index (χ4n) is 2.03. The van der Waals surface area contributed by atoms with E-state index in [-0.39, 0.29) is 12.3 Å². The summed E-state index contributed by atoms with van der Waals surface area (Å²) in [6.07, 6.45) is 1.95. The molecule has 1 amide bonds. The minimum Gasteiger partial charge on any atom is -0.324 e. The Kier molecular flexibility index (Phi) is 4.13. The lowest BCUT2D eigenvalue weighted by Crippen LogP contribution is -2.14. The van der Waals surface area contributed by atoms with Gasteiger partial charge in [0.15, 0.2) is 0 Å². The molecular weight excluding hydrogens is 306 g/mol. The number of benzene rings is 1. The van der Waals surface area contributed by atoms with Crippen molar-refractivity contribution in [3.63, 3.8) is 0 Å². The van der Waals surface area contributed by atoms with Crippen molar-refractivity contribution < 1.29 is 4.79 Å². The van der Waals surface area contributed by atoms with Gasteiger partial charge in [0, 0.05) is 17.0 Å². The van der Waals surface area contributed by atoms with Crippen molar-refractivity contribution in [2.45, 2.75) is 12.3 Å². The molecule has 0 unspecified atom stereocenters. The third-order valence-corrected chi connectivity index (χ3v) is 4.13. The summed E-state index contributed by atoms with van der Waals surface area (Å²) in [6.45, 7) is 0. The Hall–Kier alpha value is -1.98. The highest BCUT2D eigenvalue weighted by Crippen LogP contribution is 2.21. The van der Waals surface area contributed by atoms with E-state index in [0.29, 0.717) is 11.6 Å². The van der Waals surface area contributed by atoms with E-state index in [1.54, 1.807) is 6.20 Å². The molecule has 0 atom stereocenters. The van der Waals surface area contributed by atoms with Gasteiger partial charge in [0.2, 0.25) is 5.91 Å². The number of alkyl halides is 1. The largest absolute Gasteiger partial charge is 0.324 e. The molecule has 0 saturated heterocycles. The molecule has 3 rings (SSSR count). The number of amides is 1. The SMILES string of the molecule is O=C(Cc1nc(CCl)cs1)Nc1cccc2cccnc12. The number of pyridine rings is 1. The highest BCUT2D eigenvalue weighted by Gasteiger charge is 2.10. The lowest BCUT2D eigenvalue weighted by atomic mass is 10.2. The smallest absolute Gasteiger partial charge is 0.231 e. The van der Waals surface area contributed by atoms with Gasteiger partial charge in [0.1, 0.15) is 5.01 Å². The molecule has 21 heavy (non-hydrogen) atoms. The minimum absolute atomic E-state index is 0.108. The first kappa shape index (κ1) is 14.0. The second-order valence-electron chi connectivity index (χ2n) is 4.47. The van der Waals surface area contributed by atoms with Gasteiger partial charge in [0.05, 0.1) is 29.2 Å². The van der Waals surface area contributed by atoms with E-state index < -0.39 is 0 Å². The molecule has 3 aromatic rings. The van der Waals surface area contributed by atoms with Crippen molar-refractivity contribution in [3.8, 4) is 0 Å². The Morgan fingerprint density at radius 3 is 2.95 bits per heavy atom. The number of rotatable bonds is 4. The highest BCUT2D eigenvalue weighted by atomic mass is 35.5. The minimum atomic E-state index is -0.108. The molecule has 0 saturated carbocycles. The average Bonchev–Trinajstić information content (AvgIpc) is 2.95. The number of carbonyl (C=O) groups excluding carboxylic acids is 1. The fraction of sp³-hybridized carbons (Fsp3) is 0.133. The number of nitrogens with zero attached hydrogens (tertiary/aromatic N) is 2. The number of nitrogens with one attached hydrogen (secondary N) is 1. The summed E-state index contributed by atoms with van der Waals surface area (Å²) in [4.78, 5) is 20.7. The molecule has 0 aliphatic rings. The first-order chi connectivity index (χ1) is 10.3. The van der Waals surface area contributed by atoms with Crippen LogP contribution >= 0.6 is 22.9 Å². The zero-order chi connectivity index (χ0) is 14.7. The molecule has 0 radical (unpaired) electrons. The van der Waals surface area contributed by atoms with Crippen LogP contribution in [0.25, 0.3) is 10.9 Å². The van der Waals surface area contributed by atoms with Gasteiger partial charge in [-0.1, -0.05) is 18.2 Å². The van der Waals surface area contributed by atoms with E-state index in [2.05, 4.69) is 15.3 Å². The molecule has 0 aliphatic carbocycles. The standard InChI is InChI=1S/C15H12ClN3OS/c16-8-11-9-21-14(18-11)7-13(20)19-12-5-1-3-10-4-2-6-17-15(10)12/h1-6,9H,7-8H2,(H,19,20).